The minimum atomic E-state index is -0.670. The number of ether oxygens (including phenoxy) is 2. The third kappa shape index (κ3) is 3.49. The van der Waals surface area contributed by atoms with Crippen LogP contribution in [0.4, 0.5) is 23.8 Å². The van der Waals surface area contributed by atoms with Crippen molar-refractivity contribution in [3.05, 3.63) is 71.9 Å². The zero-order chi connectivity index (χ0) is 21.5. The fourth-order valence-electron chi connectivity index (χ4n) is 3.78. The van der Waals surface area contributed by atoms with Crippen molar-refractivity contribution >= 4 is 11.8 Å². The molecule has 1 aliphatic carbocycles. The molecule has 5 rings (SSSR count). The molecular weight excluding hydrogens is 413 g/mol. The Labute approximate surface area is 174 Å². The molecule has 1 fully saturated rings. The van der Waals surface area contributed by atoms with Gasteiger partial charge in [-0.25, -0.2) is 22.9 Å². The first-order chi connectivity index (χ1) is 15.0. The Morgan fingerprint density at radius 1 is 1.06 bits per heavy atom. The van der Waals surface area contributed by atoms with Crippen molar-refractivity contribution < 1.29 is 27.4 Å². The monoisotopic (exact) mass is 428 g/mol. The topological polar surface area (TPSA) is 85.4 Å². The molecule has 3 aromatic rings. The molecule has 0 saturated heterocycles. The van der Waals surface area contributed by atoms with Crippen LogP contribution in [0.1, 0.15) is 11.5 Å². The van der Waals surface area contributed by atoms with E-state index in [2.05, 4.69) is 20.6 Å². The number of anilines is 1. The number of halogens is 3. The molecule has 0 radical (unpaired) electrons. The predicted molar refractivity (Wildman–Crippen MR) is 103 cm³/mol. The highest BCUT2D eigenvalue weighted by Gasteiger charge is 2.57. The number of hydrogen-bond donors (Lipinski definition) is 2. The zero-order valence-electron chi connectivity index (χ0n) is 15.8. The summed E-state index contributed by atoms with van der Waals surface area (Å²) in [5.74, 6) is -2.42. The molecule has 2 amide bonds. The van der Waals surface area contributed by atoms with Crippen LogP contribution in [0.5, 0.6) is 17.2 Å². The van der Waals surface area contributed by atoms with Crippen molar-refractivity contribution in [1.82, 2.24) is 15.3 Å². The van der Waals surface area contributed by atoms with Gasteiger partial charge in [-0.1, -0.05) is 0 Å². The minimum absolute atomic E-state index is 0.0636. The number of pyridine rings is 2. The summed E-state index contributed by atoms with van der Waals surface area (Å²) < 4.78 is 52.9. The molecule has 3 heterocycles. The van der Waals surface area contributed by atoms with Crippen molar-refractivity contribution in [2.45, 2.75) is 12.0 Å². The molecule has 1 aromatic carbocycles. The quantitative estimate of drug-likeness (QED) is 0.657. The van der Waals surface area contributed by atoms with Crippen molar-refractivity contribution in [2.24, 2.45) is 5.92 Å². The maximum Gasteiger partial charge on any atom is 0.320 e. The molecule has 10 heteroatoms. The normalized spacial score (nSPS) is 20.7. The van der Waals surface area contributed by atoms with E-state index in [4.69, 9.17) is 9.47 Å². The van der Waals surface area contributed by atoms with Crippen LogP contribution in [0.15, 0.2) is 48.9 Å². The molecule has 7 nitrogen and oxygen atoms in total. The second-order valence-electron chi connectivity index (χ2n) is 7.16. The van der Waals surface area contributed by atoms with Crippen LogP contribution in [0.3, 0.4) is 0 Å². The smallest absolute Gasteiger partial charge is 0.320 e. The molecule has 3 unspecified atom stereocenters. The number of carbonyl (C=O) groups excluding carboxylic acids is 1. The van der Waals surface area contributed by atoms with E-state index in [1.807, 2.05) is 0 Å². The van der Waals surface area contributed by atoms with Gasteiger partial charge in [0.1, 0.15) is 5.82 Å². The van der Waals surface area contributed by atoms with Crippen LogP contribution in [0.2, 0.25) is 0 Å². The summed E-state index contributed by atoms with van der Waals surface area (Å²) in [6.07, 6.45) is 3.80. The summed E-state index contributed by atoms with van der Waals surface area (Å²) in [5, 5.41) is 5.28. The molecule has 0 spiro atoms. The van der Waals surface area contributed by atoms with Crippen LogP contribution in [-0.2, 0) is 0 Å². The summed E-state index contributed by atoms with van der Waals surface area (Å²) in [6.45, 7) is 0.169. The number of amides is 2. The molecule has 0 bridgehead atoms. The lowest BCUT2D eigenvalue weighted by atomic mass is 10.0. The van der Waals surface area contributed by atoms with Gasteiger partial charge in [0.2, 0.25) is 0 Å². The van der Waals surface area contributed by atoms with Gasteiger partial charge >= 0.3 is 6.03 Å². The molecule has 1 saturated carbocycles. The second-order valence-corrected chi connectivity index (χ2v) is 7.16. The number of rotatable bonds is 4. The van der Waals surface area contributed by atoms with Crippen LogP contribution in [0, 0.1) is 23.4 Å². The van der Waals surface area contributed by atoms with E-state index in [1.54, 1.807) is 6.07 Å². The van der Waals surface area contributed by atoms with E-state index < -0.39 is 29.5 Å². The van der Waals surface area contributed by atoms with Gasteiger partial charge in [0.25, 0.3) is 0 Å². The molecule has 158 valence electrons. The first kappa shape index (κ1) is 19.2. The average Bonchev–Trinajstić information content (AvgIpc) is 3.46. The van der Waals surface area contributed by atoms with E-state index in [-0.39, 0.29) is 47.1 Å². The van der Waals surface area contributed by atoms with E-state index in [0.717, 1.165) is 18.3 Å². The summed E-state index contributed by atoms with van der Waals surface area (Å²) >= 11 is 0. The van der Waals surface area contributed by atoms with Gasteiger partial charge < -0.3 is 14.8 Å². The van der Waals surface area contributed by atoms with Crippen LogP contribution in [-0.4, -0.2) is 28.6 Å². The Morgan fingerprint density at radius 2 is 1.90 bits per heavy atom. The Bertz CT molecular complexity index is 1180. The highest BCUT2D eigenvalue weighted by molar-refractivity contribution is 5.90. The van der Waals surface area contributed by atoms with Crippen molar-refractivity contribution in [3.63, 3.8) is 0 Å². The van der Waals surface area contributed by atoms with Gasteiger partial charge in [0.05, 0.1) is 12.8 Å². The van der Waals surface area contributed by atoms with Crippen molar-refractivity contribution in [1.29, 1.82) is 0 Å². The number of fused-ring (bicyclic) bond motifs is 3. The van der Waals surface area contributed by atoms with Crippen LogP contribution in [0.25, 0.3) is 0 Å². The fraction of sp³-hybridized carbons (Fsp3) is 0.190. The fourth-order valence-corrected chi connectivity index (χ4v) is 3.78. The van der Waals surface area contributed by atoms with E-state index in [9.17, 15) is 18.0 Å². The Kier molecular flexibility index (Phi) is 4.61. The number of benzene rings is 1. The van der Waals surface area contributed by atoms with Gasteiger partial charge in [-0.2, -0.15) is 0 Å². The zero-order valence-corrected chi connectivity index (χ0v) is 15.8. The molecule has 2 aliphatic rings. The third-order valence-electron chi connectivity index (χ3n) is 5.27. The standard InChI is InChI=1S/C21H15F3N4O3/c22-11-3-4-12(23)19-17(11)16-10(9-30-19)18(16)27-21(29)28-20-15(2-1-6-26-20)31-14-5-7-25-8-13(14)24/h1-8,10,16,18H,9H2,(H2,26,27,28,29). The number of aromatic nitrogens is 2. The van der Waals surface area contributed by atoms with Gasteiger partial charge in [-0.15, -0.1) is 0 Å². The molecule has 2 N–H and O–H groups in total. The number of carbonyl (C=O) groups is 1. The average molecular weight is 428 g/mol. The van der Waals surface area contributed by atoms with Crippen LogP contribution < -0.4 is 20.1 Å². The SMILES string of the molecule is O=C(Nc1ncccc1Oc1ccncc1F)NC1C2COc3c(F)ccc(F)c3C21. The predicted octanol–water partition coefficient (Wildman–Crippen LogP) is 3.98. The maximum absolute atomic E-state index is 14.2. The van der Waals surface area contributed by atoms with Crippen molar-refractivity contribution in [2.75, 3.05) is 11.9 Å². The number of nitrogens with zero attached hydrogens (tertiary/aromatic N) is 2. The van der Waals surface area contributed by atoms with E-state index in [0.29, 0.717) is 0 Å². The first-order valence-electron chi connectivity index (χ1n) is 9.43. The number of urea groups is 1. The van der Waals surface area contributed by atoms with Gasteiger partial charge in [-0.3, -0.25) is 10.3 Å². The van der Waals surface area contributed by atoms with E-state index >= 15 is 0 Å². The highest BCUT2D eigenvalue weighted by Crippen LogP contribution is 2.55. The molecule has 2 aromatic heterocycles. The third-order valence-corrected chi connectivity index (χ3v) is 5.27. The largest absolute Gasteiger partial charge is 0.490 e. The Hall–Kier alpha value is -3.82. The van der Waals surface area contributed by atoms with Gasteiger partial charge in [-0.05, 0) is 24.3 Å². The molecule has 31 heavy (non-hydrogen) atoms. The lowest BCUT2D eigenvalue weighted by molar-refractivity contribution is 0.247. The molecule has 1 aliphatic heterocycles. The lowest BCUT2D eigenvalue weighted by Gasteiger charge is -2.16. The Balaban J connectivity index is 1.30. The number of hydrogen-bond acceptors (Lipinski definition) is 5. The second kappa shape index (κ2) is 7.46. The van der Waals surface area contributed by atoms with Gasteiger partial charge in [0, 0.05) is 41.9 Å². The molecule has 3 atom stereocenters. The summed E-state index contributed by atoms with van der Waals surface area (Å²) in [7, 11) is 0. The minimum Gasteiger partial charge on any atom is -0.490 e. The van der Waals surface area contributed by atoms with Gasteiger partial charge in [0.15, 0.2) is 34.7 Å². The molecular formula is C21H15F3N4O3. The summed E-state index contributed by atoms with van der Waals surface area (Å²) in [6, 6.07) is 5.44. The number of nitrogens with one attached hydrogen (secondary N) is 2. The van der Waals surface area contributed by atoms with E-state index in [1.165, 1.54) is 24.5 Å². The maximum atomic E-state index is 14.2. The Morgan fingerprint density at radius 3 is 2.74 bits per heavy atom. The highest BCUT2D eigenvalue weighted by atomic mass is 19.1. The van der Waals surface area contributed by atoms with Crippen LogP contribution >= 0.6 is 0 Å². The lowest BCUT2D eigenvalue weighted by Crippen LogP contribution is -2.32. The summed E-state index contributed by atoms with van der Waals surface area (Å²) in [5.41, 5.74) is 0.136. The summed E-state index contributed by atoms with van der Waals surface area (Å²) in [4.78, 5) is 20.2. The first-order valence-corrected chi connectivity index (χ1v) is 9.43. The van der Waals surface area contributed by atoms with Crippen molar-refractivity contribution in [3.8, 4) is 17.2 Å².